The average Bonchev–Trinajstić information content (AvgIpc) is 3.38. The second-order valence-corrected chi connectivity index (χ2v) is 10.4. The molecular weight excluding hydrogens is 546 g/mol. The first kappa shape index (κ1) is 27.1. The van der Waals surface area contributed by atoms with Crippen LogP contribution in [0, 0.1) is 10.1 Å². The molecule has 0 aliphatic carbocycles. The summed E-state index contributed by atoms with van der Waals surface area (Å²) in [4.78, 5) is 38.5. The van der Waals surface area contributed by atoms with Gasteiger partial charge in [-0.15, -0.1) is 0 Å². The SMILES string of the molecule is NS(=O)(=O)c1ccc(NC(=O)c2nn(-c3cccc([N+](=O)[O-])c3)c(-c3ccccc3)c2C(=O)c2ccccc2)cc1. The first-order chi connectivity index (χ1) is 19.6. The Balaban J connectivity index is 1.72. The number of aromatic nitrogens is 2. The number of nitro benzene ring substituents is 1. The lowest BCUT2D eigenvalue weighted by Crippen LogP contribution is -2.17. The summed E-state index contributed by atoms with van der Waals surface area (Å²) in [6.45, 7) is 0. The summed E-state index contributed by atoms with van der Waals surface area (Å²) in [5.74, 6) is -1.25. The van der Waals surface area contributed by atoms with Gasteiger partial charge in [0.05, 0.1) is 26.8 Å². The van der Waals surface area contributed by atoms with Crippen LogP contribution in [0.25, 0.3) is 16.9 Å². The number of amides is 1. The molecule has 1 aromatic heterocycles. The van der Waals surface area contributed by atoms with Gasteiger partial charge in [0.2, 0.25) is 10.0 Å². The van der Waals surface area contributed by atoms with Crippen molar-refractivity contribution in [2.24, 2.45) is 5.14 Å². The standard InChI is InChI=1S/C29H21N5O6S/c30-41(39,40)24-16-14-21(15-17-24)31-29(36)26-25(28(35)20-10-5-2-6-11-20)27(19-8-3-1-4-9-19)33(32-26)22-12-7-13-23(18-22)34(37)38/h1-18H,(H,31,36)(H2,30,39,40). The highest BCUT2D eigenvalue weighted by Crippen LogP contribution is 2.32. The minimum absolute atomic E-state index is 0.0208. The molecule has 0 radical (unpaired) electrons. The van der Waals surface area contributed by atoms with Gasteiger partial charge >= 0.3 is 0 Å². The Bertz CT molecular complexity index is 1890. The third-order valence-electron chi connectivity index (χ3n) is 6.14. The number of nitrogens with two attached hydrogens (primary N) is 1. The molecule has 11 nitrogen and oxygen atoms in total. The van der Waals surface area contributed by atoms with Gasteiger partial charge in [-0.25, -0.2) is 18.2 Å². The smallest absolute Gasteiger partial charge is 0.276 e. The number of anilines is 1. The monoisotopic (exact) mass is 567 g/mol. The predicted molar refractivity (Wildman–Crippen MR) is 151 cm³/mol. The summed E-state index contributed by atoms with van der Waals surface area (Å²) < 4.78 is 24.6. The first-order valence-corrected chi connectivity index (χ1v) is 13.7. The Hall–Kier alpha value is -5.46. The molecule has 41 heavy (non-hydrogen) atoms. The fourth-order valence-corrected chi connectivity index (χ4v) is 4.75. The van der Waals surface area contributed by atoms with Crippen molar-refractivity contribution in [3.8, 4) is 16.9 Å². The first-order valence-electron chi connectivity index (χ1n) is 12.1. The second-order valence-electron chi connectivity index (χ2n) is 8.85. The Labute approximate surface area is 234 Å². The molecule has 0 aliphatic rings. The third kappa shape index (κ3) is 5.64. The van der Waals surface area contributed by atoms with Crippen LogP contribution in [-0.4, -0.2) is 34.8 Å². The number of nitro groups is 1. The van der Waals surface area contributed by atoms with Crippen molar-refractivity contribution in [2.45, 2.75) is 4.90 Å². The molecule has 204 valence electrons. The van der Waals surface area contributed by atoms with Gasteiger partial charge in [0, 0.05) is 28.9 Å². The van der Waals surface area contributed by atoms with Crippen LogP contribution in [0.3, 0.4) is 0 Å². The maximum atomic E-state index is 14.0. The molecule has 0 spiro atoms. The van der Waals surface area contributed by atoms with E-state index in [4.69, 9.17) is 5.14 Å². The van der Waals surface area contributed by atoms with Crippen molar-refractivity contribution in [1.82, 2.24) is 9.78 Å². The fraction of sp³-hybridized carbons (Fsp3) is 0. The number of nitrogens with zero attached hydrogens (tertiary/aromatic N) is 3. The summed E-state index contributed by atoms with van der Waals surface area (Å²) in [6, 6.07) is 28.0. The minimum atomic E-state index is -3.94. The summed E-state index contributed by atoms with van der Waals surface area (Å²) in [6.07, 6.45) is 0. The number of primary sulfonamides is 1. The molecule has 0 aliphatic heterocycles. The largest absolute Gasteiger partial charge is 0.321 e. The zero-order chi connectivity index (χ0) is 29.1. The molecule has 0 atom stereocenters. The molecule has 1 amide bonds. The molecule has 0 saturated heterocycles. The molecule has 0 saturated carbocycles. The van der Waals surface area contributed by atoms with Gasteiger partial charge in [-0.3, -0.25) is 19.7 Å². The van der Waals surface area contributed by atoms with Crippen molar-refractivity contribution < 1.29 is 22.9 Å². The highest BCUT2D eigenvalue weighted by atomic mass is 32.2. The molecule has 1 heterocycles. The maximum Gasteiger partial charge on any atom is 0.276 e. The van der Waals surface area contributed by atoms with E-state index in [0.717, 1.165) is 0 Å². The Kier molecular flexibility index (Phi) is 7.25. The molecule has 5 rings (SSSR count). The average molecular weight is 568 g/mol. The van der Waals surface area contributed by atoms with Crippen LogP contribution >= 0.6 is 0 Å². The van der Waals surface area contributed by atoms with Crippen molar-refractivity contribution in [3.63, 3.8) is 0 Å². The van der Waals surface area contributed by atoms with Crippen LogP contribution in [0.2, 0.25) is 0 Å². The van der Waals surface area contributed by atoms with Crippen molar-refractivity contribution in [3.05, 3.63) is 136 Å². The molecule has 12 heteroatoms. The Morgan fingerprint density at radius 1 is 0.854 bits per heavy atom. The van der Waals surface area contributed by atoms with Gasteiger partial charge in [-0.05, 0) is 30.3 Å². The molecule has 4 aromatic carbocycles. The molecule has 5 aromatic rings. The second kappa shape index (κ2) is 11.0. The number of benzene rings is 4. The molecule has 0 unspecified atom stereocenters. The van der Waals surface area contributed by atoms with Crippen molar-refractivity contribution >= 4 is 33.1 Å². The lowest BCUT2D eigenvalue weighted by molar-refractivity contribution is -0.384. The third-order valence-corrected chi connectivity index (χ3v) is 7.07. The number of hydrogen-bond acceptors (Lipinski definition) is 7. The van der Waals surface area contributed by atoms with Crippen molar-refractivity contribution in [2.75, 3.05) is 5.32 Å². The van der Waals surface area contributed by atoms with Crippen LogP contribution < -0.4 is 10.5 Å². The topological polar surface area (TPSA) is 167 Å². The van der Waals surface area contributed by atoms with E-state index in [9.17, 15) is 28.1 Å². The Morgan fingerprint density at radius 2 is 1.49 bits per heavy atom. The molecular formula is C29H21N5O6S. The molecule has 0 fully saturated rings. The van der Waals surface area contributed by atoms with Gasteiger partial charge < -0.3 is 5.32 Å². The molecule has 0 bridgehead atoms. The number of ketones is 1. The van der Waals surface area contributed by atoms with E-state index < -0.39 is 26.6 Å². The summed E-state index contributed by atoms with van der Waals surface area (Å²) in [5.41, 5.74) is 1.14. The summed E-state index contributed by atoms with van der Waals surface area (Å²) in [5, 5.41) is 23.8. The van der Waals surface area contributed by atoms with Gasteiger partial charge in [0.1, 0.15) is 0 Å². The minimum Gasteiger partial charge on any atom is -0.321 e. The molecule has 3 N–H and O–H groups in total. The summed E-state index contributed by atoms with van der Waals surface area (Å²) >= 11 is 0. The van der Waals surface area contributed by atoms with Crippen LogP contribution in [0.15, 0.2) is 114 Å². The normalized spacial score (nSPS) is 11.1. The van der Waals surface area contributed by atoms with E-state index in [1.165, 1.54) is 47.1 Å². The maximum absolute atomic E-state index is 14.0. The number of hydrogen-bond donors (Lipinski definition) is 2. The number of sulfonamides is 1. The van der Waals surface area contributed by atoms with E-state index in [1.807, 2.05) is 0 Å². The Morgan fingerprint density at radius 3 is 2.10 bits per heavy atom. The lowest BCUT2D eigenvalue weighted by atomic mass is 9.97. The van der Waals surface area contributed by atoms with Crippen LogP contribution in [0.5, 0.6) is 0 Å². The number of carbonyl (C=O) groups is 2. The highest BCUT2D eigenvalue weighted by molar-refractivity contribution is 7.89. The van der Waals surface area contributed by atoms with Crippen LogP contribution in [0.4, 0.5) is 11.4 Å². The van der Waals surface area contributed by atoms with Crippen LogP contribution in [-0.2, 0) is 10.0 Å². The van der Waals surface area contributed by atoms with E-state index in [1.54, 1.807) is 66.7 Å². The number of nitrogens with one attached hydrogen (secondary N) is 1. The zero-order valence-corrected chi connectivity index (χ0v) is 22.0. The lowest BCUT2D eigenvalue weighted by Gasteiger charge is -2.10. The quantitative estimate of drug-likeness (QED) is 0.157. The predicted octanol–water partition coefficient (Wildman–Crippen LogP) is 4.58. The number of carbonyl (C=O) groups excluding carboxylic acids is 2. The van der Waals surface area contributed by atoms with E-state index in [2.05, 4.69) is 10.4 Å². The number of non-ortho nitro benzene ring substituents is 1. The van der Waals surface area contributed by atoms with Gasteiger partial charge in [0.15, 0.2) is 11.5 Å². The fourth-order valence-electron chi connectivity index (χ4n) is 4.23. The van der Waals surface area contributed by atoms with E-state index in [-0.39, 0.29) is 38.9 Å². The van der Waals surface area contributed by atoms with Gasteiger partial charge in [0.25, 0.3) is 11.6 Å². The van der Waals surface area contributed by atoms with E-state index >= 15 is 0 Å². The van der Waals surface area contributed by atoms with Gasteiger partial charge in [-0.2, -0.15) is 5.10 Å². The summed E-state index contributed by atoms with van der Waals surface area (Å²) in [7, 11) is -3.94. The van der Waals surface area contributed by atoms with E-state index in [0.29, 0.717) is 11.1 Å². The highest BCUT2D eigenvalue weighted by Gasteiger charge is 2.30. The zero-order valence-electron chi connectivity index (χ0n) is 21.2. The number of rotatable bonds is 8. The van der Waals surface area contributed by atoms with Gasteiger partial charge in [-0.1, -0.05) is 66.7 Å². The van der Waals surface area contributed by atoms with Crippen LogP contribution in [0.1, 0.15) is 26.4 Å². The van der Waals surface area contributed by atoms with Crippen molar-refractivity contribution in [1.29, 1.82) is 0 Å².